The van der Waals surface area contributed by atoms with Crippen LogP contribution in [0.5, 0.6) is 0 Å². The first-order chi connectivity index (χ1) is 11.9. The lowest BCUT2D eigenvalue weighted by molar-refractivity contribution is -0.149. The minimum absolute atomic E-state index is 0.0349. The van der Waals surface area contributed by atoms with E-state index in [1.54, 1.807) is 17.0 Å². The second-order valence-corrected chi connectivity index (χ2v) is 7.26. The monoisotopic (exact) mass is 348 g/mol. The largest absolute Gasteiger partial charge is 0.481 e. The maximum atomic E-state index is 13.3. The number of aliphatic carboxylic acids is 1. The molecule has 136 valence electrons. The van der Waals surface area contributed by atoms with Crippen molar-refractivity contribution in [1.29, 1.82) is 0 Å². The molecule has 2 fully saturated rings. The summed E-state index contributed by atoms with van der Waals surface area (Å²) in [5.41, 5.74) is 0.0929. The number of benzene rings is 1. The topological polar surface area (TPSA) is 60.9 Å². The van der Waals surface area contributed by atoms with Gasteiger partial charge < -0.3 is 10.0 Å². The number of hydrogen-bond donors (Lipinski definition) is 1. The SMILES string of the molecule is CCN(Cc1cccc(F)c1)C(=O)CN1C[C@@H]2CCC[C@@]2(C(=O)O)C1. The van der Waals surface area contributed by atoms with E-state index < -0.39 is 11.4 Å². The Kier molecular flexibility index (Phi) is 5.08. The fourth-order valence-electron chi connectivity index (χ4n) is 4.39. The van der Waals surface area contributed by atoms with Crippen molar-refractivity contribution in [2.45, 2.75) is 32.7 Å². The molecule has 0 radical (unpaired) electrons. The van der Waals surface area contributed by atoms with Crippen molar-refractivity contribution >= 4 is 11.9 Å². The second-order valence-electron chi connectivity index (χ2n) is 7.26. The molecule has 1 heterocycles. The number of carboxylic acid groups (broad SMARTS) is 1. The third kappa shape index (κ3) is 3.54. The highest BCUT2D eigenvalue weighted by Crippen LogP contribution is 2.48. The van der Waals surface area contributed by atoms with Gasteiger partial charge in [0, 0.05) is 26.2 Å². The standard InChI is InChI=1S/C19H25FN2O3/c1-2-22(10-14-5-3-7-16(20)9-14)17(23)12-21-11-15-6-4-8-19(15,13-21)18(24)25/h3,5,7,9,15H,2,4,6,8,10-13H2,1H3,(H,24,25)/t15-,19+/m0/s1. The van der Waals surface area contributed by atoms with Gasteiger partial charge in [-0.2, -0.15) is 0 Å². The molecule has 0 aromatic heterocycles. The molecule has 2 atom stereocenters. The number of hydrogen-bond acceptors (Lipinski definition) is 3. The van der Waals surface area contributed by atoms with Crippen molar-refractivity contribution in [3.8, 4) is 0 Å². The summed E-state index contributed by atoms with van der Waals surface area (Å²) in [6, 6.07) is 6.27. The minimum Gasteiger partial charge on any atom is -0.481 e. The Morgan fingerprint density at radius 1 is 1.44 bits per heavy atom. The predicted octanol–water partition coefficient (Wildman–Crippen LogP) is 2.36. The number of nitrogens with zero attached hydrogens (tertiary/aromatic N) is 2. The molecule has 1 aliphatic heterocycles. The Hall–Kier alpha value is -1.95. The van der Waals surface area contributed by atoms with Gasteiger partial charge >= 0.3 is 5.97 Å². The summed E-state index contributed by atoms with van der Waals surface area (Å²) >= 11 is 0. The van der Waals surface area contributed by atoms with Gasteiger partial charge in [0.05, 0.1) is 12.0 Å². The zero-order valence-electron chi connectivity index (χ0n) is 14.6. The van der Waals surface area contributed by atoms with Gasteiger partial charge in [0.2, 0.25) is 5.91 Å². The fraction of sp³-hybridized carbons (Fsp3) is 0.579. The van der Waals surface area contributed by atoms with E-state index in [0.717, 1.165) is 18.4 Å². The number of likely N-dealkylation sites (N-methyl/N-ethyl adjacent to an activating group) is 1. The molecule has 1 N–H and O–H groups in total. The Labute approximate surface area is 147 Å². The number of carbonyl (C=O) groups is 2. The van der Waals surface area contributed by atoms with Crippen molar-refractivity contribution < 1.29 is 19.1 Å². The van der Waals surface area contributed by atoms with Gasteiger partial charge in [-0.15, -0.1) is 0 Å². The Bertz CT molecular complexity index is 666. The molecule has 0 bridgehead atoms. The zero-order chi connectivity index (χ0) is 18.0. The highest BCUT2D eigenvalue weighted by molar-refractivity contribution is 5.79. The normalized spacial score (nSPS) is 25.8. The number of likely N-dealkylation sites (tertiary alicyclic amines) is 1. The van der Waals surface area contributed by atoms with Crippen LogP contribution in [-0.2, 0) is 16.1 Å². The van der Waals surface area contributed by atoms with Crippen LogP contribution in [0.2, 0.25) is 0 Å². The van der Waals surface area contributed by atoms with Gasteiger partial charge in [-0.3, -0.25) is 14.5 Å². The fourth-order valence-corrected chi connectivity index (χ4v) is 4.39. The minimum atomic E-state index is -0.725. The Morgan fingerprint density at radius 2 is 2.24 bits per heavy atom. The quantitative estimate of drug-likeness (QED) is 0.857. The summed E-state index contributed by atoms with van der Waals surface area (Å²) in [5.74, 6) is -0.919. The molecule has 6 heteroatoms. The van der Waals surface area contributed by atoms with Crippen molar-refractivity contribution in [3.05, 3.63) is 35.6 Å². The maximum absolute atomic E-state index is 13.3. The van der Waals surface area contributed by atoms with E-state index in [1.807, 2.05) is 11.8 Å². The zero-order valence-corrected chi connectivity index (χ0v) is 14.6. The average Bonchev–Trinajstić information content (AvgIpc) is 3.10. The van der Waals surface area contributed by atoms with E-state index in [9.17, 15) is 19.1 Å². The number of halogens is 1. The van der Waals surface area contributed by atoms with Crippen LogP contribution in [0.1, 0.15) is 31.7 Å². The van der Waals surface area contributed by atoms with Gasteiger partial charge in [0.25, 0.3) is 0 Å². The second kappa shape index (κ2) is 7.12. The van der Waals surface area contributed by atoms with E-state index in [-0.39, 0.29) is 24.2 Å². The molecule has 0 spiro atoms. The summed E-state index contributed by atoms with van der Waals surface area (Å²) in [6.45, 7) is 4.17. The van der Waals surface area contributed by atoms with E-state index in [2.05, 4.69) is 0 Å². The van der Waals surface area contributed by atoms with E-state index in [1.165, 1.54) is 12.1 Å². The Morgan fingerprint density at radius 3 is 2.88 bits per heavy atom. The lowest BCUT2D eigenvalue weighted by atomic mass is 9.81. The van der Waals surface area contributed by atoms with Crippen molar-refractivity contribution in [2.75, 3.05) is 26.2 Å². The molecule has 1 amide bonds. The first-order valence-corrected chi connectivity index (χ1v) is 8.92. The van der Waals surface area contributed by atoms with E-state index >= 15 is 0 Å². The van der Waals surface area contributed by atoms with Gasteiger partial charge in [0.15, 0.2) is 0 Å². The van der Waals surface area contributed by atoms with Crippen LogP contribution in [0.25, 0.3) is 0 Å². The molecule has 3 rings (SSSR count). The van der Waals surface area contributed by atoms with Crippen molar-refractivity contribution in [3.63, 3.8) is 0 Å². The van der Waals surface area contributed by atoms with E-state index in [4.69, 9.17) is 0 Å². The molecule has 2 aliphatic rings. The molecule has 1 saturated carbocycles. The lowest BCUT2D eigenvalue weighted by Gasteiger charge is -2.26. The predicted molar refractivity (Wildman–Crippen MR) is 91.3 cm³/mol. The molecule has 1 saturated heterocycles. The van der Waals surface area contributed by atoms with Gasteiger partial charge in [0.1, 0.15) is 5.82 Å². The number of carboxylic acids is 1. The molecular weight excluding hydrogens is 323 g/mol. The van der Waals surface area contributed by atoms with Gasteiger partial charge in [-0.25, -0.2) is 4.39 Å². The van der Waals surface area contributed by atoms with Gasteiger partial charge in [-0.05, 0) is 43.4 Å². The van der Waals surface area contributed by atoms with Crippen LogP contribution in [-0.4, -0.2) is 53.0 Å². The maximum Gasteiger partial charge on any atom is 0.311 e. The molecule has 25 heavy (non-hydrogen) atoms. The van der Waals surface area contributed by atoms with Crippen LogP contribution in [0.4, 0.5) is 4.39 Å². The highest BCUT2D eigenvalue weighted by atomic mass is 19.1. The highest BCUT2D eigenvalue weighted by Gasteiger charge is 2.54. The molecule has 1 aromatic carbocycles. The molecule has 1 aliphatic carbocycles. The summed E-state index contributed by atoms with van der Waals surface area (Å²) in [7, 11) is 0. The van der Waals surface area contributed by atoms with Crippen LogP contribution in [0.15, 0.2) is 24.3 Å². The van der Waals surface area contributed by atoms with Crippen molar-refractivity contribution in [2.24, 2.45) is 11.3 Å². The number of carbonyl (C=O) groups excluding carboxylic acids is 1. The van der Waals surface area contributed by atoms with Crippen LogP contribution < -0.4 is 0 Å². The summed E-state index contributed by atoms with van der Waals surface area (Å²) in [5, 5.41) is 9.64. The first kappa shape index (κ1) is 17.9. The molecule has 1 aromatic rings. The third-order valence-electron chi connectivity index (χ3n) is 5.72. The first-order valence-electron chi connectivity index (χ1n) is 8.92. The van der Waals surface area contributed by atoms with E-state index in [0.29, 0.717) is 32.6 Å². The van der Waals surface area contributed by atoms with Crippen molar-refractivity contribution in [1.82, 2.24) is 9.80 Å². The third-order valence-corrected chi connectivity index (χ3v) is 5.72. The molecular formula is C19H25FN2O3. The number of amides is 1. The summed E-state index contributed by atoms with van der Waals surface area (Å²) in [6.07, 6.45) is 2.59. The van der Waals surface area contributed by atoms with Crippen LogP contribution in [0.3, 0.4) is 0 Å². The van der Waals surface area contributed by atoms with Gasteiger partial charge in [-0.1, -0.05) is 18.6 Å². The summed E-state index contributed by atoms with van der Waals surface area (Å²) < 4.78 is 13.3. The van der Waals surface area contributed by atoms with Crippen LogP contribution in [0, 0.1) is 17.2 Å². The number of fused-ring (bicyclic) bond motifs is 1. The smallest absolute Gasteiger partial charge is 0.311 e. The lowest BCUT2D eigenvalue weighted by Crippen LogP contribution is -2.41. The molecule has 0 unspecified atom stereocenters. The molecule has 5 nitrogen and oxygen atoms in total. The summed E-state index contributed by atoms with van der Waals surface area (Å²) in [4.78, 5) is 28.1. The number of rotatable bonds is 6. The average molecular weight is 348 g/mol. The Balaban J connectivity index is 1.62. The van der Waals surface area contributed by atoms with Crippen LogP contribution >= 0.6 is 0 Å².